The molecule has 6 heteroatoms. The third-order valence-corrected chi connectivity index (χ3v) is 13.4. The standard InChI is InChI=1S/C60H113NO5/c1-3-5-7-9-11-13-15-17-18-22-25-29-32-36-40-44-48-52-58(63)57(56-62)61-59(64)53-49-45-41-37-33-30-26-23-20-19-21-24-27-31-35-39-43-47-51-55-66-60(65)54-50-46-42-38-34-28-16-14-12-10-8-6-4-2/h14,16,19-20,48,52,57-58,62-63H,3-13,15,17-18,21-47,49-51,53-56H2,1-2H3,(H,61,64)/b16-14-,20-19-,52-48+. The third kappa shape index (κ3) is 51.5. The number of esters is 1. The SMILES string of the molecule is CCCCCC/C=C\CCCCCCCC(=O)OCCCCCCCCCC/C=C\CCCCCCCCCC(=O)NC(CO)C(O)/C=C/CCCCCCCCCCCCCCCCC. The Morgan fingerprint density at radius 3 is 1.09 bits per heavy atom. The molecule has 1 amide bonds. The van der Waals surface area contributed by atoms with Crippen molar-refractivity contribution in [1.29, 1.82) is 0 Å². The number of hydrogen-bond acceptors (Lipinski definition) is 5. The van der Waals surface area contributed by atoms with Gasteiger partial charge >= 0.3 is 5.97 Å². The van der Waals surface area contributed by atoms with E-state index < -0.39 is 12.1 Å². The Kier molecular flexibility index (Phi) is 54.1. The number of aliphatic hydroxyl groups is 2. The lowest BCUT2D eigenvalue weighted by atomic mass is 10.0. The number of rotatable bonds is 54. The average molecular weight is 929 g/mol. The van der Waals surface area contributed by atoms with Crippen LogP contribution in [0.5, 0.6) is 0 Å². The normalized spacial score (nSPS) is 12.8. The molecule has 0 aromatic rings. The Bertz CT molecular complexity index is 1070. The number of amides is 1. The average Bonchev–Trinajstić information content (AvgIpc) is 3.32. The van der Waals surface area contributed by atoms with Gasteiger partial charge in [0.1, 0.15) is 0 Å². The highest BCUT2D eigenvalue weighted by Crippen LogP contribution is 2.16. The highest BCUT2D eigenvalue weighted by Gasteiger charge is 2.18. The number of unbranched alkanes of at least 4 members (excludes halogenated alkanes) is 39. The van der Waals surface area contributed by atoms with Gasteiger partial charge in [0.2, 0.25) is 5.91 Å². The fraction of sp³-hybridized carbons (Fsp3) is 0.867. The summed E-state index contributed by atoms with van der Waals surface area (Å²) in [5, 5.41) is 23.1. The van der Waals surface area contributed by atoms with Gasteiger partial charge in [0.25, 0.3) is 0 Å². The van der Waals surface area contributed by atoms with E-state index in [9.17, 15) is 19.8 Å². The fourth-order valence-corrected chi connectivity index (χ4v) is 8.86. The van der Waals surface area contributed by atoms with Crippen LogP contribution in [-0.4, -0.2) is 47.4 Å². The summed E-state index contributed by atoms with van der Waals surface area (Å²) in [6.07, 6.45) is 68.8. The van der Waals surface area contributed by atoms with Crippen LogP contribution in [0.2, 0.25) is 0 Å². The first-order valence-corrected chi connectivity index (χ1v) is 29.3. The van der Waals surface area contributed by atoms with E-state index in [0.29, 0.717) is 19.4 Å². The molecule has 2 atom stereocenters. The molecule has 0 bridgehead atoms. The number of nitrogens with one attached hydrogen (secondary N) is 1. The highest BCUT2D eigenvalue weighted by molar-refractivity contribution is 5.76. The molecular weight excluding hydrogens is 815 g/mol. The molecule has 3 N–H and O–H groups in total. The second-order valence-corrected chi connectivity index (χ2v) is 20.0. The van der Waals surface area contributed by atoms with Gasteiger partial charge in [-0.1, -0.05) is 249 Å². The van der Waals surface area contributed by atoms with Crippen LogP contribution in [0.15, 0.2) is 36.5 Å². The highest BCUT2D eigenvalue weighted by atomic mass is 16.5. The zero-order valence-corrected chi connectivity index (χ0v) is 44.2. The van der Waals surface area contributed by atoms with Gasteiger partial charge in [0.15, 0.2) is 0 Å². The molecule has 0 saturated heterocycles. The van der Waals surface area contributed by atoms with Crippen molar-refractivity contribution in [3.05, 3.63) is 36.5 Å². The Balaban J connectivity index is 3.48. The lowest BCUT2D eigenvalue weighted by Gasteiger charge is -2.20. The first-order valence-electron chi connectivity index (χ1n) is 29.3. The molecule has 0 aliphatic carbocycles. The summed E-state index contributed by atoms with van der Waals surface area (Å²) in [5.41, 5.74) is 0. The first-order chi connectivity index (χ1) is 32.5. The summed E-state index contributed by atoms with van der Waals surface area (Å²) in [6, 6.07) is -0.635. The van der Waals surface area contributed by atoms with Crippen molar-refractivity contribution in [2.24, 2.45) is 0 Å². The molecule has 0 rings (SSSR count). The number of hydrogen-bond donors (Lipinski definition) is 3. The summed E-state index contributed by atoms with van der Waals surface area (Å²) in [5.74, 6) is -0.0829. The quantitative estimate of drug-likeness (QED) is 0.0321. The van der Waals surface area contributed by atoms with Crippen LogP contribution in [0.1, 0.15) is 309 Å². The molecule has 0 aliphatic rings. The van der Waals surface area contributed by atoms with Gasteiger partial charge in [0.05, 0.1) is 25.4 Å². The molecule has 0 heterocycles. The summed E-state index contributed by atoms with van der Waals surface area (Å²) < 4.78 is 5.46. The first kappa shape index (κ1) is 64.1. The number of carbonyl (C=O) groups excluding carboxylic acids is 2. The predicted molar refractivity (Wildman–Crippen MR) is 287 cm³/mol. The Hall–Kier alpha value is -1.92. The van der Waals surface area contributed by atoms with Gasteiger partial charge < -0.3 is 20.3 Å². The molecule has 0 radical (unpaired) electrons. The fourth-order valence-electron chi connectivity index (χ4n) is 8.86. The molecule has 66 heavy (non-hydrogen) atoms. The monoisotopic (exact) mass is 928 g/mol. The van der Waals surface area contributed by atoms with E-state index in [-0.39, 0.29) is 18.5 Å². The second kappa shape index (κ2) is 55.7. The largest absolute Gasteiger partial charge is 0.466 e. The van der Waals surface area contributed by atoms with Crippen molar-refractivity contribution < 1.29 is 24.5 Å². The van der Waals surface area contributed by atoms with Crippen LogP contribution in [-0.2, 0) is 14.3 Å². The Morgan fingerprint density at radius 1 is 0.409 bits per heavy atom. The van der Waals surface area contributed by atoms with Crippen LogP contribution >= 0.6 is 0 Å². The summed E-state index contributed by atoms with van der Waals surface area (Å²) in [6.45, 7) is 4.88. The summed E-state index contributed by atoms with van der Waals surface area (Å²) in [7, 11) is 0. The van der Waals surface area contributed by atoms with E-state index in [1.807, 2.05) is 6.08 Å². The number of aliphatic hydroxyl groups excluding tert-OH is 2. The molecule has 0 aromatic heterocycles. The van der Waals surface area contributed by atoms with Crippen molar-refractivity contribution >= 4 is 11.9 Å². The van der Waals surface area contributed by atoms with Crippen molar-refractivity contribution in [1.82, 2.24) is 5.32 Å². The molecule has 0 aliphatic heterocycles. The Labute approximate surface area is 411 Å². The van der Waals surface area contributed by atoms with Crippen LogP contribution < -0.4 is 5.32 Å². The van der Waals surface area contributed by atoms with Crippen molar-refractivity contribution in [3.63, 3.8) is 0 Å². The van der Waals surface area contributed by atoms with Crippen LogP contribution in [0.3, 0.4) is 0 Å². The van der Waals surface area contributed by atoms with Gasteiger partial charge in [-0.3, -0.25) is 9.59 Å². The lowest BCUT2D eigenvalue weighted by Crippen LogP contribution is -2.45. The maximum atomic E-state index is 12.5. The van der Waals surface area contributed by atoms with E-state index in [1.165, 1.54) is 231 Å². The topological polar surface area (TPSA) is 95.9 Å². The smallest absolute Gasteiger partial charge is 0.305 e. The molecule has 2 unspecified atom stereocenters. The number of carbonyl (C=O) groups is 2. The molecule has 6 nitrogen and oxygen atoms in total. The zero-order chi connectivity index (χ0) is 47.9. The zero-order valence-electron chi connectivity index (χ0n) is 44.2. The van der Waals surface area contributed by atoms with Crippen molar-refractivity contribution in [3.8, 4) is 0 Å². The number of ether oxygens (including phenoxy) is 1. The predicted octanol–water partition coefficient (Wildman–Crippen LogP) is 18.0. The number of allylic oxidation sites excluding steroid dienone is 5. The van der Waals surface area contributed by atoms with Crippen LogP contribution in [0.25, 0.3) is 0 Å². The second-order valence-electron chi connectivity index (χ2n) is 20.0. The van der Waals surface area contributed by atoms with Gasteiger partial charge in [-0.05, 0) is 83.5 Å². The van der Waals surface area contributed by atoms with Gasteiger partial charge in [-0.25, -0.2) is 0 Å². The van der Waals surface area contributed by atoms with Crippen molar-refractivity contribution in [2.75, 3.05) is 13.2 Å². The minimum atomic E-state index is -0.851. The van der Waals surface area contributed by atoms with E-state index >= 15 is 0 Å². The maximum Gasteiger partial charge on any atom is 0.305 e. The van der Waals surface area contributed by atoms with E-state index in [2.05, 4.69) is 43.5 Å². The minimum Gasteiger partial charge on any atom is -0.466 e. The maximum absolute atomic E-state index is 12.5. The molecule has 0 saturated carbocycles. The van der Waals surface area contributed by atoms with Gasteiger partial charge in [-0.15, -0.1) is 0 Å². The third-order valence-electron chi connectivity index (χ3n) is 13.4. The van der Waals surface area contributed by atoms with Crippen molar-refractivity contribution in [2.45, 2.75) is 321 Å². The van der Waals surface area contributed by atoms with Gasteiger partial charge in [-0.2, -0.15) is 0 Å². The van der Waals surface area contributed by atoms with E-state index in [4.69, 9.17) is 4.74 Å². The summed E-state index contributed by atoms with van der Waals surface area (Å²) >= 11 is 0. The molecule has 0 fully saturated rings. The van der Waals surface area contributed by atoms with Gasteiger partial charge in [0, 0.05) is 12.8 Å². The molecule has 388 valence electrons. The van der Waals surface area contributed by atoms with Crippen LogP contribution in [0.4, 0.5) is 0 Å². The molecule has 0 aromatic carbocycles. The molecular formula is C60H113NO5. The van der Waals surface area contributed by atoms with Crippen LogP contribution in [0, 0.1) is 0 Å². The van der Waals surface area contributed by atoms with E-state index in [0.717, 1.165) is 51.4 Å². The van der Waals surface area contributed by atoms with E-state index in [1.54, 1.807) is 6.08 Å². The summed E-state index contributed by atoms with van der Waals surface area (Å²) in [4.78, 5) is 24.5. The minimum absolute atomic E-state index is 0.00625. The Morgan fingerprint density at radius 2 is 0.712 bits per heavy atom. The lowest BCUT2D eigenvalue weighted by molar-refractivity contribution is -0.143. The molecule has 0 spiro atoms.